The second-order valence-electron chi connectivity index (χ2n) is 5.41. The van der Waals surface area contributed by atoms with Gasteiger partial charge in [-0.25, -0.2) is 4.98 Å². The fraction of sp³-hybridized carbons (Fsp3) is 0.462. The highest BCUT2D eigenvalue weighted by Crippen LogP contribution is 2.34. The summed E-state index contributed by atoms with van der Waals surface area (Å²) >= 11 is 0. The van der Waals surface area contributed by atoms with Crippen LogP contribution in [0.5, 0.6) is 0 Å². The van der Waals surface area contributed by atoms with Crippen molar-refractivity contribution < 1.29 is 9.26 Å². The highest BCUT2D eigenvalue weighted by atomic mass is 16.5. The van der Waals surface area contributed by atoms with Gasteiger partial charge in [-0.2, -0.15) is 4.98 Å². The number of nitrogens with two attached hydrogens (primary N) is 1. The number of pyridine rings is 1. The van der Waals surface area contributed by atoms with Crippen LogP contribution in [-0.2, 0) is 4.74 Å². The van der Waals surface area contributed by atoms with E-state index in [1.807, 2.05) is 0 Å². The number of ether oxygens (including phenoxy) is 1. The number of aromatic nitrogens is 3. The van der Waals surface area contributed by atoms with E-state index in [4.69, 9.17) is 15.0 Å². The number of nitrogen functional groups attached to an aromatic ring is 1. The van der Waals surface area contributed by atoms with Crippen molar-refractivity contribution in [2.24, 2.45) is 5.41 Å². The molecule has 0 aliphatic heterocycles. The number of nitrogens with zero attached hydrogens (tertiary/aromatic N) is 3. The van der Waals surface area contributed by atoms with Gasteiger partial charge in [-0.15, -0.1) is 0 Å². The lowest BCUT2D eigenvalue weighted by atomic mass is 9.88. The van der Waals surface area contributed by atoms with Crippen LogP contribution in [0, 0.1) is 5.41 Å². The predicted octanol–water partition coefficient (Wildman–Crippen LogP) is 2.45. The summed E-state index contributed by atoms with van der Waals surface area (Å²) in [7, 11) is 1.64. The Morgan fingerprint density at radius 3 is 2.58 bits per heavy atom. The van der Waals surface area contributed by atoms with Gasteiger partial charge >= 0.3 is 0 Å². The second-order valence-corrected chi connectivity index (χ2v) is 5.41. The summed E-state index contributed by atoms with van der Waals surface area (Å²) in [5.41, 5.74) is 6.16. The van der Waals surface area contributed by atoms with Crippen molar-refractivity contribution in [2.75, 3.05) is 12.8 Å². The van der Waals surface area contributed by atoms with Gasteiger partial charge < -0.3 is 15.0 Å². The van der Waals surface area contributed by atoms with Gasteiger partial charge in [-0.1, -0.05) is 25.9 Å². The molecule has 2 aromatic rings. The van der Waals surface area contributed by atoms with E-state index in [1.165, 1.54) is 0 Å². The molecule has 1 unspecified atom stereocenters. The molecule has 0 bridgehead atoms. The minimum Gasteiger partial charge on any atom is -0.384 e. The van der Waals surface area contributed by atoms with Crippen molar-refractivity contribution >= 4 is 5.82 Å². The molecule has 0 saturated heterocycles. The molecule has 0 saturated carbocycles. The maximum absolute atomic E-state index is 5.54. The average molecular weight is 262 g/mol. The highest BCUT2D eigenvalue weighted by Gasteiger charge is 2.30. The van der Waals surface area contributed by atoms with Crippen LogP contribution >= 0.6 is 0 Å². The van der Waals surface area contributed by atoms with Gasteiger partial charge in [-0.05, 0) is 17.5 Å². The molecule has 0 radical (unpaired) electrons. The standard InChI is InChI=1S/C13H18N4O2/c1-13(2,3)10(18-4)11-16-12(19-17-11)8-5-6-9(14)15-7-8/h5-7,10H,1-4H3,(H2,14,15). The molecule has 6 nitrogen and oxygen atoms in total. The van der Waals surface area contributed by atoms with E-state index in [2.05, 4.69) is 35.9 Å². The summed E-state index contributed by atoms with van der Waals surface area (Å²) in [4.78, 5) is 8.36. The molecule has 2 N–H and O–H groups in total. The Labute approximate surface area is 112 Å². The lowest BCUT2D eigenvalue weighted by Gasteiger charge is -2.26. The van der Waals surface area contributed by atoms with E-state index in [-0.39, 0.29) is 11.5 Å². The van der Waals surface area contributed by atoms with E-state index >= 15 is 0 Å². The highest BCUT2D eigenvalue weighted by molar-refractivity contribution is 5.53. The van der Waals surface area contributed by atoms with Crippen LogP contribution in [-0.4, -0.2) is 22.2 Å². The third-order valence-corrected chi connectivity index (χ3v) is 2.73. The van der Waals surface area contributed by atoms with Gasteiger partial charge in [0.2, 0.25) is 5.82 Å². The Morgan fingerprint density at radius 1 is 1.32 bits per heavy atom. The van der Waals surface area contributed by atoms with Crippen LogP contribution in [0.4, 0.5) is 5.82 Å². The summed E-state index contributed by atoms with van der Waals surface area (Å²) in [5.74, 6) is 1.39. The molecule has 2 rings (SSSR count). The number of rotatable bonds is 3. The van der Waals surface area contributed by atoms with Crippen molar-refractivity contribution in [3.05, 3.63) is 24.2 Å². The molecule has 0 aliphatic carbocycles. The fourth-order valence-electron chi connectivity index (χ4n) is 1.84. The van der Waals surface area contributed by atoms with Gasteiger partial charge in [0.15, 0.2) is 0 Å². The Hall–Kier alpha value is -1.95. The topological polar surface area (TPSA) is 87.1 Å². The molecule has 0 spiro atoms. The van der Waals surface area contributed by atoms with Crippen LogP contribution in [0.1, 0.15) is 32.7 Å². The maximum Gasteiger partial charge on any atom is 0.259 e. The maximum atomic E-state index is 5.54. The molecular weight excluding hydrogens is 244 g/mol. The van der Waals surface area contributed by atoms with E-state index in [0.717, 1.165) is 5.56 Å². The number of hydrogen-bond donors (Lipinski definition) is 1. The van der Waals surface area contributed by atoms with Gasteiger partial charge in [0.25, 0.3) is 5.89 Å². The molecule has 19 heavy (non-hydrogen) atoms. The second kappa shape index (κ2) is 4.97. The first-order valence-corrected chi connectivity index (χ1v) is 6.00. The van der Waals surface area contributed by atoms with E-state index in [1.54, 1.807) is 25.4 Å². The van der Waals surface area contributed by atoms with Crippen molar-refractivity contribution in [1.82, 2.24) is 15.1 Å². The number of methoxy groups -OCH3 is 1. The minimum atomic E-state index is -0.230. The zero-order chi connectivity index (χ0) is 14.0. The van der Waals surface area contributed by atoms with Gasteiger partial charge in [-0.3, -0.25) is 0 Å². The third-order valence-electron chi connectivity index (χ3n) is 2.73. The molecule has 6 heteroatoms. The molecule has 1 atom stereocenters. The van der Waals surface area contributed by atoms with Crippen LogP contribution in [0.25, 0.3) is 11.5 Å². The first kappa shape index (κ1) is 13.5. The molecule has 0 aromatic carbocycles. The van der Waals surface area contributed by atoms with Crippen molar-refractivity contribution in [3.8, 4) is 11.5 Å². The van der Waals surface area contributed by atoms with E-state index in [9.17, 15) is 0 Å². The van der Waals surface area contributed by atoms with E-state index < -0.39 is 0 Å². The molecule has 2 aromatic heterocycles. The van der Waals surface area contributed by atoms with Crippen LogP contribution in [0.2, 0.25) is 0 Å². The van der Waals surface area contributed by atoms with Gasteiger partial charge in [0.1, 0.15) is 11.9 Å². The fourth-order valence-corrected chi connectivity index (χ4v) is 1.84. The summed E-state index contributed by atoms with van der Waals surface area (Å²) in [6.45, 7) is 6.17. The largest absolute Gasteiger partial charge is 0.384 e. The molecule has 0 fully saturated rings. The Bertz CT molecular complexity index is 543. The smallest absolute Gasteiger partial charge is 0.259 e. The predicted molar refractivity (Wildman–Crippen MR) is 71.1 cm³/mol. The van der Waals surface area contributed by atoms with Crippen LogP contribution < -0.4 is 5.73 Å². The van der Waals surface area contributed by atoms with Crippen molar-refractivity contribution in [2.45, 2.75) is 26.9 Å². The summed E-state index contributed by atoms with van der Waals surface area (Å²) < 4.78 is 10.7. The first-order valence-electron chi connectivity index (χ1n) is 6.00. The minimum absolute atomic E-state index is 0.116. The summed E-state index contributed by atoms with van der Waals surface area (Å²) in [6, 6.07) is 3.48. The Morgan fingerprint density at radius 2 is 2.05 bits per heavy atom. The summed E-state index contributed by atoms with van der Waals surface area (Å²) in [5, 5.41) is 3.98. The molecule has 0 amide bonds. The van der Waals surface area contributed by atoms with Crippen molar-refractivity contribution in [3.63, 3.8) is 0 Å². The molecule has 2 heterocycles. The zero-order valence-corrected chi connectivity index (χ0v) is 11.5. The monoisotopic (exact) mass is 262 g/mol. The SMILES string of the molecule is COC(c1noc(-c2ccc(N)nc2)n1)C(C)(C)C. The first-order chi connectivity index (χ1) is 8.91. The normalized spacial score (nSPS) is 13.5. The van der Waals surface area contributed by atoms with E-state index in [0.29, 0.717) is 17.5 Å². The van der Waals surface area contributed by atoms with Gasteiger partial charge in [0.05, 0.1) is 5.56 Å². The molecule has 0 aliphatic rings. The Kier molecular flexibility index (Phi) is 3.53. The molecular formula is C13H18N4O2. The Balaban J connectivity index is 2.30. The van der Waals surface area contributed by atoms with Gasteiger partial charge in [0, 0.05) is 13.3 Å². The average Bonchev–Trinajstić information content (AvgIpc) is 2.78. The third kappa shape index (κ3) is 2.90. The number of hydrogen-bond acceptors (Lipinski definition) is 6. The van der Waals surface area contributed by atoms with Crippen molar-refractivity contribution in [1.29, 1.82) is 0 Å². The lowest BCUT2D eigenvalue weighted by molar-refractivity contribution is 0.00718. The summed E-state index contributed by atoms with van der Waals surface area (Å²) in [6.07, 6.45) is 1.37. The lowest BCUT2D eigenvalue weighted by Crippen LogP contribution is -2.21. The number of anilines is 1. The zero-order valence-electron chi connectivity index (χ0n) is 11.5. The van der Waals surface area contributed by atoms with Crippen LogP contribution in [0.3, 0.4) is 0 Å². The molecule has 102 valence electrons. The quantitative estimate of drug-likeness (QED) is 0.914. The van der Waals surface area contributed by atoms with Crippen LogP contribution in [0.15, 0.2) is 22.9 Å².